The maximum Gasteiger partial charge on any atom is 0.242 e. The highest BCUT2D eigenvalue weighted by molar-refractivity contribution is 5.86. The van der Waals surface area contributed by atoms with Crippen LogP contribution in [0.1, 0.15) is 59.3 Å². The summed E-state index contributed by atoms with van der Waals surface area (Å²) in [5.74, 6) is 0.843. The van der Waals surface area contributed by atoms with E-state index in [0.717, 1.165) is 32.4 Å². The lowest BCUT2D eigenvalue weighted by atomic mass is 9.90. The van der Waals surface area contributed by atoms with E-state index in [1.165, 1.54) is 19.3 Å². The number of nitrogens with two attached hydrogens (primary N) is 1. The van der Waals surface area contributed by atoms with Gasteiger partial charge in [0.25, 0.3) is 0 Å². The average molecular weight is 277 g/mol. The Labute approximate surface area is 118 Å². The van der Waals surface area contributed by atoms with E-state index >= 15 is 0 Å². The molecule has 0 aromatic rings. The van der Waals surface area contributed by atoms with Crippen LogP contribution in [-0.2, 0) is 4.79 Å². The van der Waals surface area contributed by atoms with Crippen LogP contribution in [0.4, 0.5) is 0 Å². The molecule has 0 aromatic heterocycles. The van der Waals surface area contributed by atoms with Gasteiger partial charge in [0.1, 0.15) is 0 Å². The fourth-order valence-corrected chi connectivity index (χ4v) is 2.88. The molecule has 2 atom stereocenters. The van der Waals surface area contributed by atoms with Gasteiger partial charge < -0.3 is 10.6 Å². The number of carbonyl (C=O) groups excluding carboxylic acids is 1. The van der Waals surface area contributed by atoms with E-state index in [1.807, 2.05) is 11.8 Å². The molecule has 18 heavy (non-hydrogen) atoms. The molecule has 0 aliphatic carbocycles. The minimum Gasteiger partial charge on any atom is -0.341 e. The Morgan fingerprint density at radius 3 is 2.61 bits per heavy atom. The summed E-state index contributed by atoms with van der Waals surface area (Å²) in [6, 6.07) is 0. The standard InChI is InChI=1S/C14H28N2O.ClH/c1-4-7-12-8-6-10-16(11-12)13(17)14(3,15)9-5-2;/h12H,4-11,15H2,1-3H3;1H. The van der Waals surface area contributed by atoms with Crippen molar-refractivity contribution in [1.29, 1.82) is 0 Å². The maximum absolute atomic E-state index is 12.4. The van der Waals surface area contributed by atoms with Gasteiger partial charge in [-0.05, 0) is 38.5 Å². The molecule has 1 aliphatic rings. The molecule has 0 aromatic carbocycles. The summed E-state index contributed by atoms with van der Waals surface area (Å²) >= 11 is 0. The predicted octanol–water partition coefficient (Wildman–Crippen LogP) is 2.96. The van der Waals surface area contributed by atoms with Crippen LogP contribution in [0.2, 0.25) is 0 Å². The quantitative estimate of drug-likeness (QED) is 0.839. The van der Waals surface area contributed by atoms with Crippen LogP contribution >= 0.6 is 12.4 Å². The van der Waals surface area contributed by atoms with Gasteiger partial charge in [0, 0.05) is 13.1 Å². The van der Waals surface area contributed by atoms with Crippen molar-refractivity contribution in [2.45, 2.75) is 64.8 Å². The van der Waals surface area contributed by atoms with Crippen LogP contribution in [0.5, 0.6) is 0 Å². The molecule has 1 heterocycles. The zero-order valence-corrected chi connectivity index (χ0v) is 12.9. The molecule has 4 heteroatoms. The van der Waals surface area contributed by atoms with Gasteiger partial charge >= 0.3 is 0 Å². The summed E-state index contributed by atoms with van der Waals surface area (Å²) in [7, 11) is 0. The van der Waals surface area contributed by atoms with E-state index < -0.39 is 5.54 Å². The topological polar surface area (TPSA) is 46.3 Å². The van der Waals surface area contributed by atoms with Crippen molar-refractivity contribution in [3.8, 4) is 0 Å². The second kappa shape index (κ2) is 8.00. The van der Waals surface area contributed by atoms with E-state index in [1.54, 1.807) is 0 Å². The number of hydrogen-bond acceptors (Lipinski definition) is 2. The average Bonchev–Trinajstić information content (AvgIpc) is 2.29. The third-order valence-electron chi connectivity index (χ3n) is 3.76. The molecule has 0 saturated carbocycles. The van der Waals surface area contributed by atoms with E-state index in [4.69, 9.17) is 5.73 Å². The van der Waals surface area contributed by atoms with Crippen molar-refractivity contribution < 1.29 is 4.79 Å². The molecule has 0 radical (unpaired) electrons. The van der Waals surface area contributed by atoms with Gasteiger partial charge in [-0.3, -0.25) is 4.79 Å². The molecule has 2 unspecified atom stereocenters. The molecule has 3 nitrogen and oxygen atoms in total. The van der Waals surface area contributed by atoms with Crippen molar-refractivity contribution in [3.05, 3.63) is 0 Å². The molecule has 1 aliphatic heterocycles. The molecule has 0 bridgehead atoms. The molecule has 1 saturated heterocycles. The van der Waals surface area contributed by atoms with Gasteiger partial charge in [-0.25, -0.2) is 0 Å². The summed E-state index contributed by atoms with van der Waals surface area (Å²) in [5.41, 5.74) is 5.47. The lowest BCUT2D eigenvalue weighted by Gasteiger charge is -2.37. The van der Waals surface area contributed by atoms with Crippen molar-refractivity contribution in [2.24, 2.45) is 11.7 Å². The monoisotopic (exact) mass is 276 g/mol. The Hall–Kier alpha value is -0.280. The predicted molar refractivity (Wildman–Crippen MR) is 79.0 cm³/mol. The number of hydrogen-bond donors (Lipinski definition) is 1. The van der Waals surface area contributed by atoms with E-state index in [2.05, 4.69) is 13.8 Å². The Balaban J connectivity index is 0.00000289. The molecule has 108 valence electrons. The van der Waals surface area contributed by atoms with Crippen LogP contribution in [0.25, 0.3) is 0 Å². The SMILES string of the molecule is CCCC1CCCN(C(=O)C(C)(N)CCC)C1.Cl. The summed E-state index contributed by atoms with van der Waals surface area (Å²) in [6.07, 6.45) is 6.59. The zero-order valence-electron chi connectivity index (χ0n) is 12.1. The second-order valence-electron chi connectivity index (χ2n) is 5.72. The zero-order chi connectivity index (χ0) is 12.9. The summed E-state index contributed by atoms with van der Waals surface area (Å²) < 4.78 is 0. The van der Waals surface area contributed by atoms with Gasteiger partial charge in [-0.2, -0.15) is 0 Å². The first-order valence-corrected chi connectivity index (χ1v) is 7.09. The van der Waals surface area contributed by atoms with Gasteiger partial charge in [0.15, 0.2) is 0 Å². The third kappa shape index (κ3) is 4.77. The van der Waals surface area contributed by atoms with Crippen LogP contribution in [-0.4, -0.2) is 29.4 Å². The van der Waals surface area contributed by atoms with Crippen LogP contribution in [0.3, 0.4) is 0 Å². The van der Waals surface area contributed by atoms with Crippen molar-refractivity contribution >= 4 is 18.3 Å². The largest absolute Gasteiger partial charge is 0.341 e. The molecule has 1 amide bonds. The fourth-order valence-electron chi connectivity index (χ4n) is 2.88. The van der Waals surface area contributed by atoms with Gasteiger partial charge in [-0.1, -0.05) is 26.7 Å². The highest BCUT2D eigenvalue weighted by atomic mass is 35.5. The Bertz CT molecular complexity index is 254. The summed E-state index contributed by atoms with van der Waals surface area (Å²) in [5, 5.41) is 0. The van der Waals surface area contributed by atoms with Crippen molar-refractivity contribution in [2.75, 3.05) is 13.1 Å². The van der Waals surface area contributed by atoms with Crippen molar-refractivity contribution in [3.63, 3.8) is 0 Å². The molecule has 0 spiro atoms. The lowest BCUT2D eigenvalue weighted by Crippen LogP contribution is -2.55. The summed E-state index contributed by atoms with van der Waals surface area (Å²) in [6.45, 7) is 7.99. The van der Waals surface area contributed by atoms with Crippen LogP contribution in [0, 0.1) is 5.92 Å². The highest BCUT2D eigenvalue weighted by Gasteiger charge is 2.33. The first-order chi connectivity index (χ1) is 8.01. The summed E-state index contributed by atoms with van der Waals surface area (Å²) in [4.78, 5) is 14.4. The van der Waals surface area contributed by atoms with Crippen LogP contribution in [0.15, 0.2) is 0 Å². The number of carbonyl (C=O) groups is 1. The van der Waals surface area contributed by atoms with E-state index in [0.29, 0.717) is 5.92 Å². The fraction of sp³-hybridized carbons (Fsp3) is 0.929. The number of rotatable bonds is 5. The lowest BCUT2D eigenvalue weighted by molar-refractivity contribution is -0.138. The number of piperidine rings is 1. The number of halogens is 1. The Morgan fingerprint density at radius 2 is 2.06 bits per heavy atom. The van der Waals surface area contributed by atoms with E-state index in [9.17, 15) is 4.79 Å². The maximum atomic E-state index is 12.4. The minimum absolute atomic E-state index is 0. The number of nitrogens with zero attached hydrogens (tertiary/aromatic N) is 1. The molecule has 2 N–H and O–H groups in total. The van der Waals surface area contributed by atoms with Gasteiger partial charge in [0.2, 0.25) is 5.91 Å². The molecular formula is C14H29ClN2O. The Morgan fingerprint density at radius 1 is 1.39 bits per heavy atom. The first kappa shape index (κ1) is 17.7. The van der Waals surface area contributed by atoms with Crippen molar-refractivity contribution in [1.82, 2.24) is 4.90 Å². The normalized spacial score (nSPS) is 23.1. The third-order valence-corrected chi connectivity index (χ3v) is 3.76. The number of amides is 1. The number of likely N-dealkylation sites (tertiary alicyclic amines) is 1. The van der Waals surface area contributed by atoms with Gasteiger partial charge in [0.05, 0.1) is 5.54 Å². The van der Waals surface area contributed by atoms with Crippen LogP contribution < -0.4 is 5.73 Å². The minimum atomic E-state index is -0.664. The molecule has 1 fully saturated rings. The molecule has 1 rings (SSSR count). The first-order valence-electron chi connectivity index (χ1n) is 7.09. The van der Waals surface area contributed by atoms with E-state index in [-0.39, 0.29) is 18.3 Å². The Kier molecular flexibility index (Phi) is 7.88. The highest BCUT2D eigenvalue weighted by Crippen LogP contribution is 2.23. The second-order valence-corrected chi connectivity index (χ2v) is 5.72. The molecular weight excluding hydrogens is 248 g/mol. The smallest absolute Gasteiger partial charge is 0.242 e. The van der Waals surface area contributed by atoms with Gasteiger partial charge in [-0.15, -0.1) is 12.4 Å².